The Morgan fingerprint density at radius 2 is 1.73 bits per heavy atom. The van der Waals surface area contributed by atoms with E-state index in [0.29, 0.717) is 25.6 Å². The van der Waals surface area contributed by atoms with Gasteiger partial charge in [0.2, 0.25) is 0 Å². The van der Waals surface area contributed by atoms with Crippen molar-refractivity contribution in [3.63, 3.8) is 0 Å². The Labute approximate surface area is 160 Å². The van der Waals surface area contributed by atoms with E-state index in [1.165, 1.54) is 0 Å². The maximum atomic E-state index is 11.6. The third-order valence-electron chi connectivity index (χ3n) is 5.59. The molecule has 0 spiro atoms. The number of carbonyl (C=O) groups excluding carboxylic acids is 1. The molecule has 1 unspecified atom stereocenters. The van der Waals surface area contributed by atoms with E-state index in [4.69, 9.17) is 13.9 Å². The maximum Gasteiger partial charge on any atom is 0.305 e. The largest absolute Gasteiger partial charge is 0.463 e. The smallest absolute Gasteiger partial charge is 0.305 e. The van der Waals surface area contributed by atoms with Crippen molar-refractivity contribution in [2.24, 2.45) is 5.92 Å². The predicted molar refractivity (Wildman–Crippen MR) is 109 cm³/mol. The molecule has 0 bridgehead atoms. The van der Waals surface area contributed by atoms with Gasteiger partial charge in [-0.15, -0.1) is 0 Å². The van der Waals surface area contributed by atoms with E-state index in [-0.39, 0.29) is 23.7 Å². The van der Waals surface area contributed by atoms with E-state index in [1.54, 1.807) is 6.92 Å². The van der Waals surface area contributed by atoms with Crippen LogP contribution in [0.15, 0.2) is 30.3 Å². The molecule has 1 atom stereocenters. The van der Waals surface area contributed by atoms with E-state index in [9.17, 15) is 4.79 Å². The molecule has 0 fully saturated rings. The van der Waals surface area contributed by atoms with Gasteiger partial charge >= 0.3 is 5.97 Å². The second-order valence-electron chi connectivity index (χ2n) is 8.16. The zero-order chi connectivity index (χ0) is 19.8. The molecule has 5 heteroatoms. The Balaban J connectivity index is 2.72. The van der Waals surface area contributed by atoms with Gasteiger partial charge in [-0.2, -0.15) is 0 Å². The number of esters is 1. The number of hydrogen-bond donors (Lipinski definition) is 0. The van der Waals surface area contributed by atoms with Gasteiger partial charge in [-0.25, -0.2) is 0 Å². The number of rotatable bonds is 11. The van der Waals surface area contributed by atoms with Gasteiger partial charge in [-0.05, 0) is 29.6 Å². The summed E-state index contributed by atoms with van der Waals surface area (Å²) in [6, 6.07) is 10.1. The van der Waals surface area contributed by atoms with Crippen LogP contribution >= 0.6 is 0 Å². The minimum absolute atomic E-state index is 0.0967. The Morgan fingerprint density at radius 1 is 1.12 bits per heavy atom. The van der Waals surface area contributed by atoms with Gasteiger partial charge in [0.1, 0.15) is 12.7 Å². The molecular formula is C21H36O4Si. The Kier molecular flexibility index (Phi) is 9.00. The monoisotopic (exact) mass is 380 g/mol. The van der Waals surface area contributed by atoms with Crippen LogP contribution in [0, 0.1) is 5.92 Å². The van der Waals surface area contributed by atoms with Gasteiger partial charge in [0.05, 0.1) is 13.2 Å². The van der Waals surface area contributed by atoms with Crippen LogP contribution in [0.25, 0.3) is 0 Å². The van der Waals surface area contributed by atoms with Crippen molar-refractivity contribution in [1.82, 2.24) is 0 Å². The van der Waals surface area contributed by atoms with Crippen LogP contribution < -0.4 is 0 Å². The molecule has 1 aromatic rings. The molecule has 0 aliphatic rings. The van der Waals surface area contributed by atoms with Crippen molar-refractivity contribution in [3.8, 4) is 0 Å². The first kappa shape index (κ1) is 22.9. The van der Waals surface area contributed by atoms with Crippen molar-refractivity contribution in [3.05, 3.63) is 35.9 Å². The van der Waals surface area contributed by atoms with Crippen LogP contribution in [0.1, 0.15) is 46.6 Å². The second-order valence-corrected chi connectivity index (χ2v) is 12.7. The molecule has 0 aliphatic heterocycles. The lowest BCUT2D eigenvalue weighted by Gasteiger charge is -2.44. The Hall–Kier alpha value is -1.17. The molecule has 0 aliphatic carbocycles. The first-order valence-corrected chi connectivity index (χ1v) is 12.5. The highest BCUT2D eigenvalue weighted by Gasteiger charge is 2.44. The number of ether oxygens (including phenoxy) is 2. The SMILES string of the molecule is CCC(=O)OCC(COCc1ccccc1)O[Si](C)(C)C(C)(C)C(C)C. The van der Waals surface area contributed by atoms with Gasteiger partial charge in [0.25, 0.3) is 0 Å². The first-order valence-electron chi connectivity index (χ1n) is 9.55. The maximum absolute atomic E-state index is 11.6. The molecule has 0 radical (unpaired) electrons. The summed E-state index contributed by atoms with van der Waals surface area (Å²) in [4.78, 5) is 11.6. The summed E-state index contributed by atoms with van der Waals surface area (Å²) in [5, 5.41) is 0.0967. The molecule has 0 saturated heterocycles. The van der Waals surface area contributed by atoms with Crippen molar-refractivity contribution in [2.75, 3.05) is 13.2 Å². The highest BCUT2D eigenvalue weighted by atomic mass is 28.4. The van der Waals surface area contributed by atoms with Crippen LogP contribution in [0.5, 0.6) is 0 Å². The zero-order valence-electron chi connectivity index (χ0n) is 17.5. The van der Waals surface area contributed by atoms with Crippen LogP contribution in [-0.4, -0.2) is 33.6 Å². The van der Waals surface area contributed by atoms with Crippen molar-refractivity contribution < 1.29 is 18.7 Å². The Bertz CT molecular complexity index is 540. The third-order valence-corrected chi connectivity index (χ3v) is 10.2. The summed E-state index contributed by atoms with van der Waals surface area (Å²) in [6.45, 7) is 16.4. The van der Waals surface area contributed by atoms with E-state index in [1.807, 2.05) is 30.3 Å². The fraction of sp³-hybridized carbons (Fsp3) is 0.667. The molecule has 1 rings (SSSR count). The van der Waals surface area contributed by atoms with Gasteiger partial charge in [-0.1, -0.05) is 65.0 Å². The Morgan fingerprint density at radius 3 is 2.27 bits per heavy atom. The summed E-state index contributed by atoms with van der Waals surface area (Å²) < 4.78 is 17.8. The minimum atomic E-state index is -2.04. The molecule has 0 heterocycles. The van der Waals surface area contributed by atoms with Crippen LogP contribution in [-0.2, 0) is 25.3 Å². The summed E-state index contributed by atoms with van der Waals surface area (Å²) in [5.41, 5.74) is 1.12. The lowest BCUT2D eigenvalue weighted by molar-refractivity contribution is -0.147. The average molecular weight is 381 g/mol. The van der Waals surface area contributed by atoms with Crippen LogP contribution in [0.2, 0.25) is 18.1 Å². The second kappa shape index (κ2) is 10.2. The first-order chi connectivity index (χ1) is 12.1. The van der Waals surface area contributed by atoms with Gasteiger partial charge in [-0.3, -0.25) is 4.79 Å². The summed E-state index contributed by atoms with van der Waals surface area (Å²) >= 11 is 0. The van der Waals surface area contributed by atoms with Crippen molar-refractivity contribution in [1.29, 1.82) is 0 Å². The van der Waals surface area contributed by atoms with Gasteiger partial charge in [0, 0.05) is 6.42 Å². The summed E-state index contributed by atoms with van der Waals surface area (Å²) in [6.07, 6.45) is 0.129. The molecule has 0 aromatic heterocycles. The molecule has 0 N–H and O–H groups in total. The van der Waals surface area contributed by atoms with Gasteiger partial charge in [0.15, 0.2) is 8.32 Å². The lowest BCUT2D eigenvalue weighted by atomic mass is 9.99. The third kappa shape index (κ3) is 6.86. The summed E-state index contributed by atoms with van der Waals surface area (Å²) in [5.74, 6) is 0.303. The zero-order valence-corrected chi connectivity index (χ0v) is 18.5. The number of carbonyl (C=O) groups is 1. The van der Waals surface area contributed by atoms with Crippen molar-refractivity contribution in [2.45, 2.75) is 71.9 Å². The van der Waals surface area contributed by atoms with E-state index < -0.39 is 8.32 Å². The fourth-order valence-corrected chi connectivity index (χ4v) is 5.21. The average Bonchev–Trinajstić information content (AvgIpc) is 2.59. The molecule has 148 valence electrons. The van der Waals surface area contributed by atoms with Crippen LogP contribution in [0.4, 0.5) is 0 Å². The highest BCUT2D eigenvalue weighted by Crippen LogP contribution is 2.45. The number of benzene rings is 1. The normalized spacial score (nSPS) is 13.7. The van der Waals surface area contributed by atoms with Gasteiger partial charge < -0.3 is 13.9 Å². The van der Waals surface area contributed by atoms with E-state index in [2.05, 4.69) is 40.8 Å². The molecule has 26 heavy (non-hydrogen) atoms. The summed E-state index contributed by atoms with van der Waals surface area (Å²) in [7, 11) is -2.04. The number of hydrogen-bond acceptors (Lipinski definition) is 4. The quantitative estimate of drug-likeness (QED) is 0.392. The standard InChI is InChI=1S/C21H36O4Si/c1-8-20(22)24-16-19(15-23-14-18-12-10-9-11-13-18)25-26(6,7)21(4,5)17(2)3/h9-13,17,19H,8,14-16H2,1-7H3. The molecule has 0 saturated carbocycles. The molecule has 0 amide bonds. The molecular weight excluding hydrogens is 344 g/mol. The van der Waals surface area contributed by atoms with E-state index in [0.717, 1.165) is 5.56 Å². The fourth-order valence-electron chi connectivity index (χ4n) is 2.55. The molecule has 4 nitrogen and oxygen atoms in total. The predicted octanol–water partition coefficient (Wildman–Crippen LogP) is 5.18. The van der Waals surface area contributed by atoms with Crippen molar-refractivity contribution >= 4 is 14.3 Å². The van der Waals surface area contributed by atoms with Crippen LogP contribution in [0.3, 0.4) is 0 Å². The van der Waals surface area contributed by atoms with E-state index >= 15 is 0 Å². The highest BCUT2D eigenvalue weighted by molar-refractivity contribution is 6.74. The lowest BCUT2D eigenvalue weighted by Crippen LogP contribution is -2.49. The topological polar surface area (TPSA) is 44.8 Å². The minimum Gasteiger partial charge on any atom is -0.463 e. The molecule has 1 aromatic carbocycles.